The van der Waals surface area contributed by atoms with E-state index < -0.39 is 10.0 Å². The Bertz CT molecular complexity index is 1320. The number of amides is 1. The Balaban J connectivity index is 1.35. The summed E-state index contributed by atoms with van der Waals surface area (Å²) in [6, 6.07) is 23.3. The number of hydrogen-bond acceptors (Lipinski definition) is 4. The number of nitrogens with zero attached hydrogens (tertiary/aromatic N) is 3. The Labute approximate surface area is 220 Å². The van der Waals surface area contributed by atoms with Crippen molar-refractivity contribution < 1.29 is 13.2 Å². The van der Waals surface area contributed by atoms with Crippen molar-refractivity contribution >= 4 is 27.7 Å². The second-order valence-electron chi connectivity index (χ2n) is 9.61. The molecule has 3 aromatic rings. The van der Waals surface area contributed by atoms with Gasteiger partial charge in [-0.25, -0.2) is 8.42 Å². The van der Waals surface area contributed by atoms with Crippen LogP contribution in [-0.2, 0) is 16.6 Å². The molecule has 0 unspecified atom stereocenters. The Morgan fingerprint density at radius 3 is 2.08 bits per heavy atom. The molecule has 0 aliphatic carbocycles. The van der Waals surface area contributed by atoms with Gasteiger partial charge in [-0.3, -0.25) is 14.0 Å². The van der Waals surface area contributed by atoms with Gasteiger partial charge in [-0.2, -0.15) is 0 Å². The topological polar surface area (TPSA) is 60.9 Å². The van der Waals surface area contributed by atoms with E-state index in [2.05, 4.69) is 29.2 Å². The van der Waals surface area contributed by atoms with Crippen LogP contribution in [0.4, 0.5) is 5.69 Å². The van der Waals surface area contributed by atoms with E-state index in [1.807, 2.05) is 67.3 Å². The molecule has 1 fully saturated rings. The Kier molecular flexibility index (Phi) is 8.46. The highest BCUT2D eigenvalue weighted by atomic mass is 32.2. The summed E-state index contributed by atoms with van der Waals surface area (Å²) >= 11 is 0. The minimum Gasteiger partial charge on any atom is -0.336 e. The fourth-order valence-corrected chi connectivity index (χ4v) is 5.70. The van der Waals surface area contributed by atoms with Crippen LogP contribution in [0.25, 0.3) is 6.08 Å². The molecule has 1 heterocycles. The Hall–Kier alpha value is -3.42. The van der Waals surface area contributed by atoms with Crippen molar-refractivity contribution in [3.05, 3.63) is 107 Å². The zero-order valence-corrected chi connectivity index (χ0v) is 22.6. The summed E-state index contributed by atoms with van der Waals surface area (Å²) in [5.74, 6) is 0.0146. The van der Waals surface area contributed by atoms with E-state index in [9.17, 15) is 13.2 Å². The molecule has 0 atom stereocenters. The van der Waals surface area contributed by atoms with Crippen molar-refractivity contribution in [3.8, 4) is 0 Å². The highest BCUT2D eigenvalue weighted by molar-refractivity contribution is 7.92. The van der Waals surface area contributed by atoms with Crippen LogP contribution in [0.15, 0.2) is 78.9 Å². The summed E-state index contributed by atoms with van der Waals surface area (Å²) in [5.41, 5.74) is 5.17. The van der Waals surface area contributed by atoms with Crippen molar-refractivity contribution in [1.29, 1.82) is 0 Å². The van der Waals surface area contributed by atoms with Gasteiger partial charge in [0.2, 0.25) is 10.0 Å². The second-order valence-corrected chi connectivity index (χ2v) is 11.5. The lowest BCUT2D eigenvalue weighted by molar-refractivity contribution is 0.0650. The van der Waals surface area contributed by atoms with E-state index in [-0.39, 0.29) is 12.5 Å². The Morgan fingerprint density at radius 1 is 0.865 bits per heavy atom. The van der Waals surface area contributed by atoms with Crippen LogP contribution < -0.4 is 4.31 Å². The van der Waals surface area contributed by atoms with Crippen molar-refractivity contribution in [2.75, 3.05) is 43.3 Å². The van der Waals surface area contributed by atoms with Crippen LogP contribution in [0, 0.1) is 13.8 Å². The maximum atomic E-state index is 13.1. The van der Waals surface area contributed by atoms with E-state index in [1.54, 1.807) is 12.1 Å². The summed E-state index contributed by atoms with van der Waals surface area (Å²) in [4.78, 5) is 17.3. The SMILES string of the molecule is Cc1cccc(C)c1N(Cc1ccc(C(=O)N2CCN(C/C=C/c3ccccc3)CC2)cc1)S(C)(=O)=O. The van der Waals surface area contributed by atoms with Crippen molar-refractivity contribution in [2.24, 2.45) is 0 Å². The van der Waals surface area contributed by atoms with E-state index in [1.165, 1.54) is 16.1 Å². The number of anilines is 1. The number of carbonyl (C=O) groups is 1. The van der Waals surface area contributed by atoms with E-state index in [0.29, 0.717) is 24.3 Å². The molecule has 6 nitrogen and oxygen atoms in total. The van der Waals surface area contributed by atoms with Gasteiger partial charge in [0, 0.05) is 38.3 Å². The molecule has 7 heteroatoms. The number of sulfonamides is 1. The van der Waals surface area contributed by atoms with Crippen LogP contribution in [0.5, 0.6) is 0 Å². The van der Waals surface area contributed by atoms with E-state index in [4.69, 9.17) is 0 Å². The molecule has 0 bridgehead atoms. The molecule has 0 aromatic heterocycles. The average Bonchev–Trinajstić information content (AvgIpc) is 2.88. The first kappa shape index (κ1) is 26.6. The van der Waals surface area contributed by atoms with Crippen LogP contribution in [-0.4, -0.2) is 63.1 Å². The number of para-hydroxylation sites is 1. The minimum atomic E-state index is -3.48. The maximum absolute atomic E-state index is 13.1. The summed E-state index contributed by atoms with van der Waals surface area (Å²) in [6.07, 6.45) is 5.53. The molecular weight excluding hydrogens is 482 g/mol. The van der Waals surface area contributed by atoms with Gasteiger partial charge in [0.1, 0.15) is 0 Å². The average molecular weight is 518 g/mol. The predicted molar refractivity (Wildman–Crippen MR) is 151 cm³/mol. The van der Waals surface area contributed by atoms with Crippen LogP contribution in [0.1, 0.15) is 32.6 Å². The molecule has 4 rings (SSSR count). The molecule has 3 aromatic carbocycles. The van der Waals surface area contributed by atoms with Gasteiger partial charge < -0.3 is 4.90 Å². The van der Waals surface area contributed by atoms with Gasteiger partial charge in [0.25, 0.3) is 5.91 Å². The normalized spacial score (nSPS) is 14.7. The van der Waals surface area contributed by atoms with Crippen molar-refractivity contribution in [1.82, 2.24) is 9.80 Å². The van der Waals surface area contributed by atoms with Crippen LogP contribution in [0.3, 0.4) is 0 Å². The lowest BCUT2D eigenvalue weighted by Gasteiger charge is -2.34. The molecule has 1 amide bonds. The smallest absolute Gasteiger partial charge is 0.253 e. The molecule has 37 heavy (non-hydrogen) atoms. The quantitative estimate of drug-likeness (QED) is 0.433. The molecule has 0 N–H and O–H groups in total. The molecule has 1 aliphatic rings. The number of hydrogen-bond donors (Lipinski definition) is 0. The van der Waals surface area contributed by atoms with Crippen molar-refractivity contribution in [2.45, 2.75) is 20.4 Å². The first-order valence-corrected chi connectivity index (χ1v) is 14.4. The van der Waals surface area contributed by atoms with E-state index >= 15 is 0 Å². The van der Waals surface area contributed by atoms with Crippen LogP contribution >= 0.6 is 0 Å². The third-order valence-corrected chi connectivity index (χ3v) is 7.86. The number of benzene rings is 3. The van der Waals surface area contributed by atoms with Gasteiger partial charge in [0.05, 0.1) is 18.5 Å². The lowest BCUT2D eigenvalue weighted by Crippen LogP contribution is -2.48. The Morgan fingerprint density at radius 2 is 1.49 bits per heavy atom. The van der Waals surface area contributed by atoms with Gasteiger partial charge >= 0.3 is 0 Å². The van der Waals surface area contributed by atoms with Gasteiger partial charge in [-0.15, -0.1) is 0 Å². The largest absolute Gasteiger partial charge is 0.336 e. The molecule has 1 saturated heterocycles. The highest BCUT2D eigenvalue weighted by Gasteiger charge is 2.23. The molecule has 0 radical (unpaired) electrons. The van der Waals surface area contributed by atoms with Crippen molar-refractivity contribution in [3.63, 3.8) is 0 Å². The maximum Gasteiger partial charge on any atom is 0.253 e. The van der Waals surface area contributed by atoms with E-state index in [0.717, 1.165) is 36.3 Å². The zero-order chi connectivity index (χ0) is 26.4. The molecule has 194 valence electrons. The number of carbonyl (C=O) groups excluding carboxylic acids is 1. The molecule has 0 saturated carbocycles. The summed E-state index contributed by atoms with van der Waals surface area (Å²) in [7, 11) is -3.48. The van der Waals surface area contributed by atoms with Gasteiger partial charge in [-0.1, -0.05) is 72.8 Å². The first-order chi connectivity index (χ1) is 17.7. The van der Waals surface area contributed by atoms with Gasteiger partial charge in [0.15, 0.2) is 0 Å². The fourth-order valence-electron chi connectivity index (χ4n) is 4.70. The standard InChI is InChI=1S/C30H35N3O3S/c1-24-9-7-10-25(2)29(24)33(37(3,35)36)23-27-14-16-28(17-15-27)30(34)32-21-19-31(20-22-32)18-8-13-26-11-5-4-6-12-26/h4-17H,18-23H2,1-3H3/b13-8+. The zero-order valence-electron chi connectivity index (χ0n) is 21.8. The number of aryl methyl sites for hydroxylation is 2. The minimum absolute atomic E-state index is 0.0146. The second kappa shape index (κ2) is 11.8. The summed E-state index contributed by atoms with van der Waals surface area (Å²) < 4.78 is 26.7. The molecule has 1 aliphatic heterocycles. The fraction of sp³-hybridized carbons (Fsp3) is 0.300. The molecular formula is C30H35N3O3S. The third kappa shape index (κ3) is 6.87. The first-order valence-electron chi connectivity index (χ1n) is 12.6. The molecule has 0 spiro atoms. The monoisotopic (exact) mass is 517 g/mol. The number of piperazine rings is 1. The number of rotatable bonds is 8. The predicted octanol–water partition coefficient (Wildman–Crippen LogP) is 4.74. The third-order valence-electron chi connectivity index (χ3n) is 6.75. The van der Waals surface area contributed by atoms with Crippen LogP contribution in [0.2, 0.25) is 0 Å². The lowest BCUT2D eigenvalue weighted by atomic mass is 10.1. The van der Waals surface area contributed by atoms with Gasteiger partial charge in [-0.05, 0) is 48.2 Å². The summed E-state index contributed by atoms with van der Waals surface area (Å²) in [5, 5.41) is 0. The summed E-state index contributed by atoms with van der Waals surface area (Å²) in [6.45, 7) is 7.96. The highest BCUT2D eigenvalue weighted by Crippen LogP contribution is 2.28.